The number of hydrogen-bond acceptors (Lipinski definition) is 10. The Labute approximate surface area is 255 Å². The van der Waals surface area contributed by atoms with Gasteiger partial charge in [-0.1, -0.05) is 0 Å². The lowest BCUT2D eigenvalue weighted by atomic mass is 10.2. The molecule has 0 aromatic rings. The summed E-state index contributed by atoms with van der Waals surface area (Å²) in [5.74, 6) is -0.959. The molecule has 4 amide bonds. The second-order valence-electron chi connectivity index (χ2n) is 9.74. The average Bonchev–Trinajstić information content (AvgIpc) is 2.94. The van der Waals surface area contributed by atoms with Crippen LogP contribution in [0.5, 0.6) is 0 Å². The minimum absolute atomic E-state index is 0.0427. The molecule has 16 nitrogen and oxygen atoms in total. The number of hydrogen-bond donors (Lipinski definition) is 6. The Morgan fingerprint density at radius 3 is 1.18 bits per heavy atom. The third kappa shape index (κ3) is 19.7. The van der Waals surface area contributed by atoms with E-state index >= 15 is 0 Å². The summed E-state index contributed by atoms with van der Waals surface area (Å²) < 4.78 is 10.6. The first-order valence-corrected chi connectivity index (χ1v) is 14.0. The van der Waals surface area contributed by atoms with Crippen LogP contribution in [0.2, 0.25) is 0 Å². The van der Waals surface area contributed by atoms with Crippen molar-refractivity contribution in [2.24, 2.45) is 0 Å². The zero-order valence-corrected chi connectivity index (χ0v) is 25.4. The van der Waals surface area contributed by atoms with Crippen molar-refractivity contribution < 1.29 is 58.0 Å². The zero-order chi connectivity index (χ0) is 33.7. The second-order valence-corrected chi connectivity index (χ2v) is 9.74. The highest BCUT2D eigenvalue weighted by molar-refractivity contribution is 6.04. The third-order valence-corrected chi connectivity index (χ3v) is 5.67. The molecule has 0 aliphatic carbocycles. The predicted molar refractivity (Wildman–Crippen MR) is 153 cm³/mol. The van der Waals surface area contributed by atoms with E-state index in [4.69, 9.17) is 19.7 Å². The van der Waals surface area contributed by atoms with Crippen molar-refractivity contribution >= 4 is 47.1 Å². The largest absolute Gasteiger partial charge is 0.480 e. The van der Waals surface area contributed by atoms with E-state index < -0.39 is 71.3 Å². The van der Waals surface area contributed by atoms with Crippen molar-refractivity contribution in [3.8, 4) is 11.8 Å². The van der Waals surface area contributed by atoms with Gasteiger partial charge in [0.05, 0.1) is 13.2 Å². The van der Waals surface area contributed by atoms with Gasteiger partial charge in [0, 0.05) is 38.9 Å². The maximum atomic E-state index is 11.9. The first kappa shape index (κ1) is 39.6. The van der Waals surface area contributed by atoms with E-state index in [1.54, 1.807) is 0 Å². The summed E-state index contributed by atoms with van der Waals surface area (Å²) in [5, 5.41) is 26.9. The minimum Gasteiger partial charge on any atom is -0.480 e. The van der Waals surface area contributed by atoms with Crippen LogP contribution in [0.4, 0.5) is 0 Å². The SMILES string of the molecule is CC(NC(=O)C(C)NC(=O)CCOCCCC(=O)C#CC(=O)CCCOCCC(=O)NC(C)C(=O)NC(C)C(=O)O)C(=O)O. The lowest BCUT2D eigenvalue weighted by molar-refractivity contribution is -0.142. The Morgan fingerprint density at radius 1 is 0.523 bits per heavy atom. The first-order valence-electron chi connectivity index (χ1n) is 14.0. The summed E-state index contributed by atoms with van der Waals surface area (Å²) >= 11 is 0. The Balaban J connectivity index is 3.95. The van der Waals surface area contributed by atoms with Crippen LogP contribution in [0.25, 0.3) is 0 Å². The molecule has 0 aromatic carbocycles. The monoisotopic (exact) mass is 626 g/mol. The quantitative estimate of drug-likeness (QED) is 0.0466. The molecule has 0 radical (unpaired) electrons. The number of carbonyl (C=O) groups excluding carboxylic acids is 6. The Morgan fingerprint density at radius 2 is 0.864 bits per heavy atom. The molecule has 0 heterocycles. The van der Waals surface area contributed by atoms with Gasteiger partial charge in [-0.05, 0) is 52.4 Å². The van der Waals surface area contributed by atoms with Crippen molar-refractivity contribution in [2.75, 3.05) is 26.4 Å². The molecule has 0 saturated carbocycles. The molecule has 44 heavy (non-hydrogen) atoms. The number of carboxylic acids is 2. The highest BCUT2D eigenvalue weighted by Crippen LogP contribution is 1.97. The number of aliphatic carboxylic acids is 2. The predicted octanol–water partition coefficient (Wildman–Crippen LogP) is -1.31. The molecule has 0 spiro atoms. The average molecular weight is 627 g/mol. The second kappa shape index (κ2) is 22.2. The highest BCUT2D eigenvalue weighted by Gasteiger charge is 2.21. The number of carbonyl (C=O) groups is 8. The van der Waals surface area contributed by atoms with Crippen LogP contribution in [-0.4, -0.2) is 108 Å². The van der Waals surface area contributed by atoms with Gasteiger partial charge in [-0.15, -0.1) is 0 Å². The molecule has 6 N–H and O–H groups in total. The maximum absolute atomic E-state index is 11.9. The fraction of sp³-hybridized carbons (Fsp3) is 0.643. The molecule has 4 atom stereocenters. The molecule has 4 unspecified atom stereocenters. The highest BCUT2D eigenvalue weighted by atomic mass is 16.5. The van der Waals surface area contributed by atoms with E-state index in [9.17, 15) is 38.4 Å². The lowest BCUT2D eigenvalue weighted by Crippen LogP contribution is -2.49. The summed E-state index contributed by atoms with van der Waals surface area (Å²) in [5.41, 5.74) is 0. The van der Waals surface area contributed by atoms with Crippen LogP contribution in [0.3, 0.4) is 0 Å². The summed E-state index contributed by atoms with van der Waals surface area (Å²) in [6.07, 6.45) is 0.658. The van der Waals surface area contributed by atoms with E-state index in [0.29, 0.717) is 12.8 Å². The standard InChI is InChI=1S/C28H42N4O12/c1-17(25(37)31-19(3)27(39)40)29-23(35)11-15-43-13-5-7-21(33)9-10-22(34)8-6-14-44-16-12-24(36)30-18(2)26(38)32-20(4)28(41)42/h17-20H,5-8,11-16H2,1-4H3,(H,29,35)(H,30,36)(H,31,37)(H,32,38)(H,39,40)(H,41,42). The lowest BCUT2D eigenvalue weighted by Gasteiger charge is -2.16. The van der Waals surface area contributed by atoms with E-state index in [2.05, 4.69) is 33.1 Å². The normalized spacial score (nSPS) is 13.1. The molecule has 0 aromatic heterocycles. The number of carboxylic acid groups (broad SMARTS) is 2. The molecule has 0 fully saturated rings. The molecule has 0 aliphatic rings. The first-order chi connectivity index (χ1) is 20.6. The number of amides is 4. The van der Waals surface area contributed by atoms with Gasteiger partial charge in [-0.2, -0.15) is 0 Å². The summed E-state index contributed by atoms with van der Waals surface area (Å²) in [6.45, 7) is 5.86. The molecule has 0 bridgehead atoms. The van der Waals surface area contributed by atoms with Gasteiger partial charge in [-0.3, -0.25) is 38.4 Å². The Hall–Kier alpha value is -4.36. The summed E-state index contributed by atoms with van der Waals surface area (Å²) in [7, 11) is 0. The third-order valence-electron chi connectivity index (χ3n) is 5.67. The zero-order valence-electron chi connectivity index (χ0n) is 25.4. The van der Waals surface area contributed by atoms with Crippen molar-refractivity contribution in [3.63, 3.8) is 0 Å². The minimum atomic E-state index is -1.20. The topological polar surface area (TPSA) is 244 Å². The van der Waals surface area contributed by atoms with E-state index in [1.807, 2.05) is 0 Å². The molecule has 0 saturated heterocycles. The van der Waals surface area contributed by atoms with Gasteiger partial charge in [0.2, 0.25) is 35.2 Å². The van der Waals surface area contributed by atoms with Gasteiger partial charge < -0.3 is 41.0 Å². The van der Waals surface area contributed by atoms with E-state index in [-0.39, 0.29) is 52.1 Å². The summed E-state index contributed by atoms with van der Waals surface area (Å²) in [6, 6.07) is -4.03. The number of ketones is 2. The Bertz CT molecular complexity index is 1020. The number of rotatable bonds is 22. The Kier molecular flexibility index (Phi) is 20.0. The molecule has 0 aliphatic heterocycles. The van der Waals surface area contributed by atoms with Crippen LogP contribution in [0.1, 0.15) is 66.2 Å². The van der Waals surface area contributed by atoms with Crippen molar-refractivity contribution in [1.82, 2.24) is 21.3 Å². The van der Waals surface area contributed by atoms with Crippen LogP contribution in [0.15, 0.2) is 0 Å². The molecular formula is C28H42N4O12. The van der Waals surface area contributed by atoms with Gasteiger partial charge in [-0.25, -0.2) is 0 Å². The fourth-order valence-corrected chi connectivity index (χ4v) is 3.03. The van der Waals surface area contributed by atoms with Gasteiger partial charge in [0.15, 0.2) is 0 Å². The van der Waals surface area contributed by atoms with Gasteiger partial charge in [0.1, 0.15) is 24.2 Å². The molecule has 16 heteroatoms. The van der Waals surface area contributed by atoms with Gasteiger partial charge in [0.25, 0.3) is 0 Å². The van der Waals surface area contributed by atoms with E-state index in [0.717, 1.165) is 0 Å². The van der Waals surface area contributed by atoms with Crippen molar-refractivity contribution in [2.45, 2.75) is 90.4 Å². The maximum Gasteiger partial charge on any atom is 0.325 e. The molecule has 0 rings (SSSR count). The fourth-order valence-electron chi connectivity index (χ4n) is 3.03. The van der Waals surface area contributed by atoms with Crippen LogP contribution < -0.4 is 21.3 Å². The van der Waals surface area contributed by atoms with Gasteiger partial charge >= 0.3 is 11.9 Å². The smallest absolute Gasteiger partial charge is 0.325 e. The van der Waals surface area contributed by atoms with Crippen LogP contribution in [0, 0.1) is 11.8 Å². The summed E-state index contributed by atoms with van der Waals surface area (Å²) in [4.78, 5) is 92.6. The molecular weight excluding hydrogens is 584 g/mol. The van der Waals surface area contributed by atoms with Crippen LogP contribution >= 0.6 is 0 Å². The van der Waals surface area contributed by atoms with Crippen molar-refractivity contribution in [1.29, 1.82) is 0 Å². The van der Waals surface area contributed by atoms with Crippen LogP contribution in [-0.2, 0) is 47.8 Å². The number of Topliss-reactive ketones (excluding diaryl/α,β-unsaturated/α-hetero) is 2. The number of nitrogens with one attached hydrogen (secondary N) is 4. The number of ether oxygens (including phenoxy) is 2. The molecule has 246 valence electrons. The van der Waals surface area contributed by atoms with Crippen molar-refractivity contribution in [3.05, 3.63) is 0 Å². The van der Waals surface area contributed by atoms with E-state index in [1.165, 1.54) is 27.7 Å².